The molecular formula is C21H40O2. The second-order valence-corrected chi connectivity index (χ2v) is 7.09. The van der Waals surface area contributed by atoms with Crippen LogP contribution in [0.3, 0.4) is 0 Å². The highest BCUT2D eigenvalue weighted by Crippen LogP contribution is 2.13. The number of unbranched alkanes of at least 4 members (excludes halogenated alkanes) is 12. The van der Waals surface area contributed by atoms with E-state index >= 15 is 0 Å². The normalized spacial score (nSPS) is 10.9. The van der Waals surface area contributed by atoms with Crippen LogP contribution in [-0.2, 0) is 9.59 Å². The van der Waals surface area contributed by atoms with Crippen LogP contribution < -0.4 is 0 Å². The summed E-state index contributed by atoms with van der Waals surface area (Å²) in [5.41, 5.74) is 0. The zero-order valence-corrected chi connectivity index (χ0v) is 15.8. The molecule has 0 atom stereocenters. The minimum atomic E-state index is 0.324. The van der Waals surface area contributed by atoms with Gasteiger partial charge in [-0.25, -0.2) is 0 Å². The second-order valence-electron chi connectivity index (χ2n) is 7.09. The lowest BCUT2D eigenvalue weighted by atomic mass is 10.0. The van der Waals surface area contributed by atoms with Gasteiger partial charge in [-0.2, -0.15) is 0 Å². The predicted molar refractivity (Wildman–Crippen MR) is 99.9 cm³/mol. The zero-order valence-electron chi connectivity index (χ0n) is 15.8. The maximum absolute atomic E-state index is 11.7. The summed E-state index contributed by atoms with van der Waals surface area (Å²) in [4.78, 5) is 22.5. The van der Waals surface area contributed by atoms with E-state index in [1.807, 2.05) is 0 Å². The summed E-state index contributed by atoms with van der Waals surface area (Å²) in [7, 11) is 0. The van der Waals surface area contributed by atoms with Crippen molar-refractivity contribution in [1.82, 2.24) is 0 Å². The number of ketones is 2. The maximum atomic E-state index is 11.7. The van der Waals surface area contributed by atoms with Gasteiger partial charge in [0.2, 0.25) is 0 Å². The van der Waals surface area contributed by atoms with Crippen LogP contribution in [0, 0.1) is 0 Å². The van der Waals surface area contributed by atoms with Crippen LogP contribution in [0.1, 0.15) is 123 Å². The number of rotatable bonds is 18. The largest absolute Gasteiger partial charge is 0.300 e. The van der Waals surface area contributed by atoms with Crippen molar-refractivity contribution in [1.29, 1.82) is 0 Å². The lowest BCUT2D eigenvalue weighted by molar-refractivity contribution is -0.119. The van der Waals surface area contributed by atoms with Crippen LogP contribution in [0.2, 0.25) is 0 Å². The Bertz CT molecular complexity index is 284. The van der Waals surface area contributed by atoms with Crippen LogP contribution in [0.5, 0.6) is 0 Å². The molecule has 0 bridgehead atoms. The van der Waals surface area contributed by atoms with Gasteiger partial charge in [0.1, 0.15) is 11.6 Å². The highest BCUT2D eigenvalue weighted by molar-refractivity contribution is 5.78. The molecule has 0 aliphatic heterocycles. The van der Waals surface area contributed by atoms with Crippen molar-refractivity contribution in [2.24, 2.45) is 0 Å². The highest BCUT2D eigenvalue weighted by Gasteiger charge is 2.01. The Morgan fingerprint density at radius 2 is 0.870 bits per heavy atom. The summed E-state index contributed by atoms with van der Waals surface area (Å²) < 4.78 is 0. The Kier molecular flexibility index (Phi) is 17.2. The number of hydrogen-bond acceptors (Lipinski definition) is 2. The fourth-order valence-corrected chi connectivity index (χ4v) is 2.98. The van der Waals surface area contributed by atoms with E-state index in [2.05, 4.69) is 6.92 Å². The first kappa shape index (κ1) is 22.3. The van der Waals surface area contributed by atoms with Gasteiger partial charge in [0.15, 0.2) is 0 Å². The molecule has 0 saturated heterocycles. The Morgan fingerprint density at radius 1 is 0.522 bits per heavy atom. The third kappa shape index (κ3) is 19.3. The third-order valence-electron chi connectivity index (χ3n) is 4.54. The summed E-state index contributed by atoms with van der Waals surface area (Å²) >= 11 is 0. The molecule has 0 heterocycles. The van der Waals surface area contributed by atoms with Gasteiger partial charge in [-0.05, 0) is 26.2 Å². The summed E-state index contributed by atoms with van der Waals surface area (Å²) in [6.07, 6.45) is 19.7. The first-order valence-electron chi connectivity index (χ1n) is 10.2. The lowest BCUT2D eigenvalue weighted by Crippen LogP contribution is -1.97. The molecule has 0 N–H and O–H groups in total. The number of hydrogen-bond donors (Lipinski definition) is 0. The van der Waals surface area contributed by atoms with E-state index in [4.69, 9.17) is 0 Å². The van der Waals surface area contributed by atoms with Crippen molar-refractivity contribution >= 4 is 11.6 Å². The van der Waals surface area contributed by atoms with E-state index in [0.717, 1.165) is 38.5 Å². The van der Waals surface area contributed by atoms with E-state index < -0.39 is 0 Å². The van der Waals surface area contributed by atoms with Gasteiger partial charge in [0.05, 0.1) is 0 Å². The van der Waals surface area contributed by atoms with E-state index in [1.165, 1.54) is 70.6 Å². The molecule has 2 heteroatoms. The van der Waals surface area contributed by atoms with Crippen molar-refractivity contribution in [3.05, 3.63) is 0 Å². The fourth-order valence-electron chi connectivity index (χ4n) is 2.98. The van der Waals surface area contributed by atoms with E-state index in [0.29, 0.717) is 11.6 Å². The standard InChI is InChI=1S/C21H40O2/c1-3-4-5-15-18-21(23)19-16-13-11-9-7-6-8-10-12-14-17-20(2)22/h3-19H2,1-2H3. The van der Waals surface area contributed by atoms with Crippen LogP contribution in [0.4, 0.5) is 0 Å². The summed E-state index contributed by atoms with van der Waals surface area (Å²) in [6.45, 7) is 3.89. The van der Waals surface area contributed by atoms with Crippen molar-refractivity contribution in [3.8, 4) is 0 Å². The molecule has 0 rings (SSSR count). The Labute approximate surface area is 144 Å². The molecule has 0 unspecified atom stereocenters. The van der Waals surface area contributed by atoms with Gasteiger partial charge in [-0.15, -0.1) is 0 Å². The first-order chi connectivity index (χ1) is 11.2. The lowest BCUT2D eigenvalue weighted by Gasteiger charge is -2.03. The second kappa shape index (κ2) is 17.7. The minimum absolute atomic E-state index is 0.324. The smallest absolute Gasteiger partial charge is 0.132 e. The summed E-state index contributed by atoms with van der Waals surface area (Å²) in [6, 6.07) is 0. The summed E-state index contributed by atoms with van der Waals surface area (Å²) in [5, 5.41) is 0. The Balaban J connectivity index is 3.12. The molecule has 0 aromatic heterocycles. The fraction of sp³-hybridized carbons (Fsp3) is 0.905. The van der Waals surface area contributed by atoms with Crippen molar-refractivity contribution in [2.45, 2.75) is 123 Å². The molecule has 0 aliphatic rings. The molecule has 0 aromatic rings. The SMILES string of the molecule is CCCCCCC(=O)CCCCCCCCCCCCC(C)=O. The molecule has 136 valence electrons. The summed E-state index contributed by atoms with van der Waals surface area (Å²) in [5.74, 6) is 0.802. The molecule has 0 radical (unpaired) electrons. The zero-order chi connectivity index (χ0) is 17.2. The molecule has 0 spiro atoms. The van der Waals surface area contributed by atoms with Gasteiger partial charge >= 0.3 is 0 Å². The van der Waals surface area contributed by atoms with E-state index in [-0.39, 0.29) is 0 Å². The van der Waals surface area contributed by atoms with E-state index in [1.54, 1.807) is 6.92 Å². The van der Waals surface area contributed by atoms with Gasteiger partial charge in [0.25, 0.3) is 0 Å². The maximum Gasteiger partial charge on any atom is 0.132 e. The van der Waals surface area contributed by atoms with Crippen molar-refractivity contribution < 1.29 is 9.59 Å². The van der Waals surface area contributed by atoms with Crippen LogP contribution >= 0.6 is 0 Å². The highest BCUT2D eigenvalue weighted by atomic mass is 16.1. The van der Waals surface area contributed by atoms with Gasteiger partial charge in [0, 0.05) is 19.3 Å². The number of Topliss-reactive ketones (excluding diaryl/α,β-unsaturated/α-hetero) is 2. The molecule has 0 aromatic carbocycles. The molecule has 0 amide bonds. The molecule has 0 fully saturated rings. The van der Waals surface area contributed by atoms with Crippen molar-refractivity contribution in [3.63, 3.8) is 0 Å². The van der Waals surface area contributed by atoms with Crippen LogP contribution in [-0.4, -0.2) is 11.6 Å². The molecule has 0 aliphatic carbocycles. The minimum Gasteiger partial charge on any atom is -0.300 e. The first-order valence-corrected chi connectivity index (χ1v) is 10.2. The van der Waals surface area contributed by atoms with Crippen LogP contribution in [0.25, 0.3) is 0 Å². The Hall–Kier alpha value is -0.660. The number of carbonyl (C=O) groups excluding carboxylic acids is 2. The van der Waals surface area contributed by atoms with Gasteiger partial charge < -0.3 is 4.79 Å². The van der Waals surface area contributed by atoms with Crippen LogP contribution in [0.15, 0.2) is 0 Å². The quantitative estimate of drug-likeness (QED) is 0.260. The monoisotopic (exact) mass is 324 g/mol. The average Bonchev–Trinajstić information content (AvgIpc) is 2.52. The van der Waals surface area contributed by atoms with Gasteiger partial charge in [-0.1, -0.05) is 77.6 Å². The van der Waals surface area contributed by atoms with Gasteiger partial charge in [-0.3, -0.25) is 4.79 Å². The average molecular weight is 325 g/mol. The topological polar surface area (TPSA) is 34.1 Å². The predicted octanol–water partition coefficient (Wildman–Crippen LogP) is 6.80. The number of carbonyl (C=O) groups is 2. The van der Waals surface area contributed by atoms with E-state index in [9.17, 15) is 9.59 Å². The molecule has 0 saturated carbocycles. The van der Waals surface area contributed by atoms with Crippen molar-refractivity contribution in [2.75, 3.05) is 0 Å². The molecular weight excluding hydrogens is 284 g/mol. The molecule has 23 heavy (non-hydrogen) atoms. The molecule has 2 nitrogen and oxygen atoms in total. The Morgan fingerprint density at radius 3 is 1.26 bits per heavy atom. The third-order valence-corrected chi connectivity index (χ3v) is 4.54.